The number of rotatable bonds is 3. The molecule has 4 aliphatic rings. The summed E-state index contributed by atoms with van der Waals surface area (Å²) >= 11 is 0. The number of nitriles is 1. The second-order valence-corrected chi connectivity index (χ2v) is 10.9. The first-order valence-corrected chi connectivity index (χ1v) is 11.5. The third kappa shape index (κ3) is 2.90. The minimum Gasteiger partial charge on any atom is -0.390 e. The predicted molar refractivity (Wildman–Crippen MR) is 109 cm³/mol. The Hall–Kier alpha value is -1.67. The largest absolute Gasteiger partial charge is 0.390 e. The molecule has 1 heterocycles. The smallest absolute Gasteiger partial charge is 0.157 e. The van der Waals surface area contributed by atoms with Crippen LogP contribution >= 0.6 is 0 Å². The standard InChI is InChI=1S/C24H33N3O2/c1-23-9-7-16-17(3-4-20-18(16)8-10-24(20,2)29)19(23)5-6-21(23)22(28)14-27-13-15(11-25)12-26-27/h12-13,16-21,29H,3-10,14H2,1-2H3/t16-,17+,18+,19-,20+,21+,23-,24+/m0/s1. The van der Waals surface area contributed by atoms with E-state index in [1.807, 2.05) is 0 Å². The molecule has 1 N–H and O–H groups in total. The van der Waals surface area contributed by atoms with Gasteiger partial charge in [0.05, 0.1) is 23.9 Å². The third-order valence-corrected chi connectivity index (χ3v) is 9.62. The summed E-state index contributed by atoms with van der Waals surface area (Å²) in [5, 5.41) is 24.0. The molecule has 0 spiro atoms. The molecule has 0 aliphatic heterocycles. The number of carbonyl (C=O) groups excluding carboxylic acids is 1. The van der Waals surface area contributed by atoms with E-state index in [9.17, 15) is 9.90 Å². The average molecular weight is 396 g/mol. The van der Waals surface area contributed by atoms with E-state index in [4.69, 9.17) is 5.26 Å². The van der Waals surface area contributed by atoms with E-state index in [0.29, 0.717) is 29.1 Å². The van der Waals surface area contributed by atoms with Crippen molar-refractivity contribution < 1.29 is 9.90 Å². The van der Waals surface area contributed by atoms with Crippen LogP contribution in [0.4, 0.5) is 0 Å². The van der Waals surface area contributed by atoms with E-state index >= 15 is 0 Å². The third-order valence-electron chi connectivity index (χ3n) is 9.62. The van der Waals surface area contributed by atoms with Crippen LogP contribution in [0.3, 0.4) is 0 Å². The number of carbonyl (C=O) groups is 1. The zero-order valence-electron chi connectivity index (χ0n) is 17.7. The lowest BCUT2D eigenvalue weighted by Gasteiger charge is -2.54. The fourth-order valence-electron chi connectivity index (χ4n) is 8.29. The summed E-state index contributed by atoms with van der Waals surface area (Å²) in [6.07, 6.45) is 12.3. The van der Waals surface area contributed by atoms with Crippen molar-refractivity contribution in [2.24, 2.45) is 40.9 Å². The van der Waals surface area contributed by atoms with Gasteiger partial charge in [0.2, 0.25) is 0 Å². The number of ketones is 1. The molecule has 0 amide bonds. The SMILES string of the molecule is C[C@]12CC[C@@H]3[C@H]4CC[C@@](C)(O)[C@@H]4CC[C@H]3[C@@H]1CC[C@@H]2C(=O)Cn1cc(C#N)cn1. The number of aromatic nitrogens is 2. The molecule has 5 nitrogen and oxygen atoms in total. The molecular weight excluding hydrogens is 362 g/mol. The first-order valence-electron chi connectivity index (χ1n) is 11.5. The van der Waals surface area contributed by atoms with Gasteiger partial charge in [0.25, 0.3) is 0 Å². The average Bonchev–Trinajstić information content (AvgIpc) is 3.36. The van der Waals surface area contributed by atoms with Crippen molar-refractivity contribution in [3.05, 3.63) is 18.0 Å². The summed E-state index contributed by atoms with van der Waals surface area (Å²) in [6, 6.07) is 2.09. The predicted octanol–water partition coefficient (Wildman–Crippen LogP) is 3.95. The van der Waals surface area contributed by atoms with Crippen molar-refractivity contribution in [3.8, 4) is 6.07 Å². The molecule has 1 aromatic rings. The molecule has 4 saturated carbocycles. The second kappa shape index (κ2) is 6.67. The fraction of sp³-hybridized carbons (Fsp3) is 0.792. The maximum absolute atomic E-state index is 13.2. The van der Waals surface area contributed by atoms with Crippen molar-refractivity contribution in [2.45, 2.75) is 77.4 Å². The monoisotopic (exact) mass is 395 g/mol. The number of aliphatic hydroxyl groups is 1. The molecule has 156 valence electrons. The maximum atomic E-state index is 13.2. The van der Waals surface area contributed by atoms with Gasteiger partial charge in [-0.25, -0.2) is 0 Å². The van der Waals surface area contributed by atoms with Crippen molar-refractivity contribution in [3.63, 3.8) is 0 Å². The number of hydrogen-bond donors (Lipinski definition) is 1. The van der Waals surface area contributed by atoms with Gasteiger partial charge in [-0.05, 0) is 93.3 Å². The molecule has 8 atom stereocenters. The van der Waals surface area contributed by atoms with Crippen molar-refractivity contribution in [1.82, 2.24) is 9.78 Å². The molecule has 5 heteroatoms. The Kier molecular flexibility index (Phi) is 4.44. The molecule has 0 saturated heterocycles. The summed E-state index contributed by atoms with van der Waals surface area (Å²) in [5.41, 5.74) is 0.159. The van der Waals surface area contributed by atoms with Crippen LogP contribution in [0.15, 0.2) is 12.4 Å². The Morgan fingerprint density at radius 3 is 2.62 bits per heavy atom. The van der Waals surface area contributed by atoms with E-state index in [1.54, 1.807) is 10.9 Å². The van der Waals surface area contributed by atoms with Crippen LogP contribution in [0.1, 0.15) is 70.8 Å². The van der Waals surface area contributed by atoms with Crippen molar-refractivity contribution in [2.75, 3.05) is 0 Å². The zero-order valence-corrected chi connectivity index (χ0v) is 17.7. The molecule has 4 fully saturated rings. The van der Waals surface area contributed by atoms with E-state index in [2.05, 4.69) is 25.0 Å². The van der Waals surface area contributed by atoms with Crippen LogP contribution in [0.5, 0.6) is 0 Å². The quantitative estimate of drug-likeness (QED) is 0.840. The van der Waals surface area contributed by atoms with Crippen molar-refractivity contribution >= 4 is 5.78 Å². The van der Waals surface area contributed by atoms with E-state index < -0.39 is 5.60 Å². The fourth-order valence-corrected chi connectivity index (χ4v) is 8.29. The Labute approximate surface area is 173 Å². The molecular formula is C24H33N3O2. The summed E-state index contributed by atoms with van der Waals surface area (Å²) in [5.74, 6) is 3.72. The van der Waals surface area contributed by atoms with E-state index in [1.165, 1.54) is 31.9 Å². The van der Waals surface area contributed by atoms with Gasteiger partial charge >= 0.3 is 0 Å². The molecule has 0 radical (unpaired) electrons. The van der Waals surface area contributed by atoms with Crippen LogP contribution in [0.2, 0.25) is 0 Å². The molecule has 0 bridgehead atoms. The Bertz CT molecular complexity index is 853. The molecule has 0 aromatic carbocycles. The molecule has 29 heavy (non-hydrogen) atoms. The van der Waals surface area contributed by atoms with Gasteiger partial charge in [-0.2, -0.15) is 10.4 Å². The highest BCUT2D eigenvalue weighted by Gasteiger charge is 2.60. The van der Waals surface area contributed by atoms with Crippen LogP contribution in [-0.4, -0.2) is 26.3 Å². The first kappa shape index (κ1) is 19.3. The van der Waals surface area contributed by atoms with Crippen LogP contribution in [0.25, 0.3) is 0 Å². The first-order chi connectivity index (χ1) is 13.8. The molecule has 4 aliphatic carbocycles. The molecule has 0 unspecified atom stereocenters. The van der Waals surface area contributed by atoms with Gasteiger partial charge in [-0.15, -0.1) is 0 Å². The van der Waals surface area contributed by atoms with E-state index in [-0.39, 0.29) is 17.9 Å². The summed E-state index contributed by atoms with van der Waals surface area (Å²) in [4.78, 5) is 13.2. The second-order valence-electron chi connectivity index (χ2n) is 10.9. The maximum Gasteiger partial charge on any atom is 0.157 e. The molecule has 1 aromatic heterocycles. The van der Waals surface area contributed by atoms with Gasteiger partial charge < -0.3 is 5.11 Å². The van der Waals surface area contributed by atoms with Gasteiger partial charge in [-0.3, -0.25) is 9.48 Å². The normalized spacial score (nSPS) is 45.9. The Balaban J connectivity index is 1.32. The van der Waals surface area contributed by atoms with Gasteiger partial charge in [0, 0.05) is 12.1 Å². The zero-order chi connectivity index (χ0) is 20.4. The highest BCUT2D eigenvalue weighted by molar-refractivity contribution is 5.82. The lowest BCUT2D eigenvalue weighted by atomic mass is 9.51. The highest BCUT2D eigenvalue weighted by atomic mass is 16.3. The minimum atomic E-state index is -0.462. The Morgan fingerprint density at radius 2 is 1.86 bits per heavy atom. The number of fused-ring (bicyclic) bond motifs is 5. The lowest BCUT2D eigenvalue weighted by molar-refractivity contribution is -0.131. The minimum absolute atomic E-state index is 0.109. The topological polar surface area (TPSA) is 78.9 Å². The number of hydrogen-bond acceptors (Lipinski definition) is 4. The molecule has 5 rings (SSSR count). The van der Waals surface area contributed by atoms with Crippen molar-refractivity contribution in [1.29, 1.82) is 5.26 Å². The van der Waals surface area contributed by atoms with Crippen LogP contribution < -0.4 is 0 Å². The summed E-state index contributed by atoms with van der Waals surface area (Å²) < 4.78 is 1.63. The van der Waals surface area contributed by atoms with E-state index in [0.717, 1.165) is 37.5 Å². The van der Waals surface area contributed by atoms with Crippen LogP contribution in [-0.2, 0) is 11.3 Å². The van der Waals surface area contributed by atoms with Gasteiger partial charge in [0.15, 0.2) is 5.78 Å². The summed E-state index contributed by atoms with van der Waals surface area (Å²) in [7, 11) is 0. The number of nitrogens with zero attached hydrogens (tertiary/aromatic N) is 3. The van der Waals surface area contributed by atoms with Gasteiger partial charge in [-0.1, -0.05) is 6.92 Å². The number of Topliss-reactive ketones (excluding diaryl/α,β-unsaturated/α-hetero) is 1. The van der Waals surface area contributed by atoms with Gasteiger partial charge in [0.1, 0.15) is 6.07 Å². The summed E-state index contributed by atoms with van der Waals surface area (Å²) in [6.45, 7) is 4.72. The highest BCUT2D eigenvalue weighted by Crippen LogP contribution is 2.65. The Morgan fingerprint density at radius 1 is 1.14 bits per heavy atom. The lowest BCUT2D eigenvalue weighted by Crippen LogP contribution is -2.49. The van der Waals surface area contributed by atoms with Crippen LogP contribution in [0, 0.1) is 52.3 Å².